The van der Waals surface area contributed by atoms with Gasteiger partial charge in [-0.3, -0.25) is 5.10 Å². The smallest absolute Gasteiger partial charge is 0.357 e. The predicted octanol–water partition coefficient (Wildman–Crippen LogP) is 0.873. The first-order valence-corrected chi connectivity index (χ1v) is 8.31. The third kappa shape index (κ3) is 3.09. The van der Waals surface area contributed by atoms with Crippen molar-refractivity contribution in [2.24, 2.45) is 0 Å². The maximum absolute atomic E-state index is 12.5. The van der Waals surface area contributed by atoms with Gasteiger partial charge in [-0.1, -0.05) is 6.42 Å². The van der Waals surface area contributed by atoms with Crippen molar-refractivity contribution in [1.29, 1.82) is 0 Å². The van der Waals surface area contributed by atoms with Crippen molar-refractivity contribution in [3.05, 3.63) is 11.4 Å². The van der Waals surface area contributed by atoms with Crippen molar-refractivity contribution < 1.29 is 18.3 Å². The monoisotopic (exact) mass is 316 g/mol. The third-order valence-corrected chi connectivity index (χ3v) is 5.27. The lowest BCUT2D eigenvalue weighted by Gasteiger charge is -2.38. The minimum absolute atomic E-state index is 0.0593. The summed E-state index contributed by atoms with van der Waals surface area (Å²) in [5.74, 6) is -1.38. The molecule has 118 valence electrons. The number of aromatic amines is 1. The molecule has 0 saturated carbocycles. The van der Waals surface area contributed by atoms with Crippen LogP contribution in [0.2, 0.25) is 0 Å². The molecule has 1 aliphatic rings. The van der Waals surface area contributed by atoms with Crippen LogP contribution in [0.5, 0.6) is 0 Å². The Morgan fingerprint density at radius 2 is 1.95 bits per heavy atom. The van der Waals surface area contributed by atoms with Crippen molar-refractivity contribution in [2.45, 2.75) is 57.0 Å². The largest absolute Gasteiger partial charge is 0.476 e. The number of nitrogens with zero attached hydrogens (tertiary/aromatic N) is 2. The summed E-state index contributed by atoms with van der Waals surface area (Å²) in [5, 5.41) is 16.7. The van der Waals surface area contributed by atoms with Gasteiger partial charge in [0.25, 0.3) is 10.0 Å². The molecule has 21 heavy (non-hydrogen) atoms. The highest BCUT2D eigenvalue weighted by atomic mass is 32.2. The Labute approximate surface area is 123 Å². The van der Waals surface area contributed by atoms with Crippen LogP contribution in [0.1, 0.15) is 49.3 Å². The second kappa shape index (κ2) is 5.74. The minimum atomic E-state index is -3.99. The summed E-state index contributed by atoms with van der Waals surface area (Å²) in [4.78, 5) is 13.3. The molecule has 0 aromatic carbocycles. The van der Waals surface area contributed by atoms with Gasteiger partial charge in [0.1, 0.15) is 4.90 Å². The molecule has 2 atom stereocenters. The Hall–Kier alpha value is -1.45. The zero-order valence-electron chi connectivity index (χ0n) is 12.3. The molecule has 2 rings (SSSR count). The van der Waals surface area contributed by atoms with Crippen LogP contribution in [0.3, 0.4) is 0 Å². The lowest BCUT2D eigenvalue weighted by molar-refractivity contribution is 0.0684. The molecule has 1 aromatic rings. The van der Waals surface area contributed by atoms with Crippen molar-refractivity contribution in [3.63, 3.8) is 0 Å². The molecule has 0 amide bonds. The molecule has 9 heteroatoms. The number of nitrogens with one attached hydrogen (secondary N) is 2. The maximum atomic E-state index is 12.5. The van der Waals surface area contributed by atoms with Crippen molar-refractivity contribution >= 4 is 16.0 Å². The quantitative estimate of drug-likeness (QED) is 0.759. The van der Waals surface area contributed by atoms with E-state index in [0.717, 1.165) is 19.3 Å². The topological polar surface area (TPSA) is 115 Å². The van der Waals surface area contributed by atoms with Gasteiger partial charge in [0.05, 0.1) is 5.69 Å². The first-order valence-electron chi connectivity index (χ1n) is 6.83. The molecular weight excluding hydrogens is 296 g/mol. The molecule has 0 aliphatic carbocycles. The molecule has 2 heterocycles. The molecule has 1 aromatic heterocycles. The van der Waals surface area contributed by atoms with Gasteiger partial charge in [-0.2, -0.15) is 5.10 Å². The Kier molecular flexibility index (Phi) is 4.35. The molecular formula is C12H20N4O4S. The zero-order valence-corrected chi connectivity index (χ0v) is 13.1. The van der Waals surface area contributed by atoms with Gasteiger partial charge < -0.3 is 5.11 Å². The van der Waals surface area contributed by atoms with Gasteiger partial charge in [-0.05, 0) is 33.6 Å². The second-order valence-electron chi connectivity index (χ2n) is 5.46. The van der Waals surface area contributed by atoms with E-state index in [4.69, 9.17) is 5.11 Å². The van der Waals surface area contributed by atoms with Gasteiger partial charge in [0.2, 0.25) is 0 Å². The number of carboxylic acids is 1. The molecule has 1 fully saturated rings. The molecule has 0 spiro atoms. The first-order chi connectivity index (χ1) is 9.74. The molecule has 1 saturated heterocycles. The van der Waals surface area contributed by atoms with E-state index >= 15 is 0 Å². The summed E-state index contributed by atoms with van der Waals surface area (Å²) in [6.45, 7) is 5.37. The highest BCUT2D eigenvalue weighted by Crippen LogP contribution is 2.23. The molecule has 3 N–H and O–H groups in total. The SMILES string of the molecule is Cc1[nH]nc(C(=O)O)c1S(=O)(=O)NN1C(C)CCCC1C. The normalized spacial score (nSPS) is 24.1. The standard InChI is InChI=1S/C12H20N4O4S/c1-7-5-4-6-8(2)16(7)15-21(19,20)11-9(3)13-14-10(11)12(17)18/h7-8,15H,4-6H2,1-3H3,(H,13,14)(H,17,18). The zero-order chi connectivity index (χ0) is 15.8. The number of carbonyl (C=O) groups is 1. The van der Waals surface area contributed by atoms with Gasteiger partial charge in [-0.25, -0.2) is 18.2 Å². The molecule has 0 radical (unpaired) electrons. The minimum Gasteiger partial charge on any atom is -0.476 e. The average Bonchev–Trinajstić information content (AvgIpc) is 2.77. The lowest BCUT2D eigenvalue weighted by atomic mass is 10.0. The summed E-state index contributed by atoms with van der Waals surface area (Å²) in [6.07, 6.45) is 2.83. The van der Waals surface area contributed by atoms with Crippen LogP contribution in [0.25, 0.3) is 0 Å². The Bertz CT molecular complexity index is 630. The number of H-pyrrole nitrogens is 1. The Balaban J connectivity index is 2.35. The van der Waals surface area contributed by atoms with Gasteiger partial charge in [0.15, 0.2) is 5.69 Å². The van der Waals surface area contributed by atoms with E-state index < -0.39 is 21.7 Å². The molecule has 2 unspecified atom stereocenters. The Morgan fingerprint density at radius 1 is 1.38 bits per heavy atom. The predicted molar refractivity (Wildman–Crippen MR) is 75.2 cm³/mol. The average molecular weight is 316 g/mol. The summed E-state index contributed by atoms with van der Waals surface area (Å²) >= 11 is 0. The van der Waals surface area contributed by atoms with Gasteiger partial charge in [0, 0.05) is 12.1 Å². The van der Waals surface area contributed by atoms with Crippen LogP contribution >= 0.6 is 0 Å². The van der Waals surface area contributed by atoms with E-state index in [2.05, 4.69) is 15.0 Å². The van der Waals surface area contributed by atoms with E-state index in [1.165, 1.54) is 6.92 Å². The van der Waals surface area contributed by atoms with Crippen LogP contribution in [0, 0.1) is 6.92 Å². The van der Waals surface area contributed by atoms with Crippen LogP contribution in [0.15, 0.2) is 4.90 Å². The molecule has 8 nitrogen and oxygen atoms in total. The fourth-order valence-electron chi connectivity index (χ4n) is 2.68. The van der Waals surface area contributed by atoms with E-state index in [9.17, 15) is 13.2 Å². The number of aromatic carboxylic acids is 1. The van der Waals surface area contributed by atoms with Crippen LogP contribution < -0.4 is 4.83 Å². The summed E-state index contributed by atoms with van der Waals surface area (Å²) in [5.41, 5.74) is -0.283. The van der Waals surface area contributed by atoms with E-state index in [-0.39, 0.29) is 22.7 Å². The number of hydrogen-bond donors (Lipinski definition) is 3. The van der Waals surface area contributed by atoms with Crippen molar-refractivity contribution in [2.75, 3.05) is 0 Å². The number of hydrazine groups is 1. The number of aryl methyl sites for hydroxylation is 1. The van der Waals surface area contributed by atoms with Crippen LogP contribution in [0.4, 0.5) is 0 Å². The summed E-state index contributed by atoms with van der Waals surface area (Å²) in [7, 11) is -3.99. The number of piperidine rings is 1. The van der Waals surface area contributed by atoms with E-state index in [1.54, 1.807) is 5.01 Å². The van der Waals surface area contributed by atoms with Crippen molar-refractivity contribution in [1.82, 2.24) is 20.0 Å². The maximum Gasteiger partial charge on any atom is 0.357 e. The lowest BCUT2D eigenvalue weighted by Crippen LogP contribution is -2.54. The number of sulfonamides is 1. The number of rotatable bonds is 4. The Morgan fingerprint density at radius 3 is 2.48 bits per heavy atom. The highest BCUT2D eigenvalue weighted by Gasteiger charge is 2.33. The molecule has 0 bridgehead atoms. The molecule has 1 aliphatic heterocycles. The number of hydrogen-bond acceptors (Lipinski definition) is 5. The van der Waals surface area contributed by atoms with Gasteiger partial charge in [-0.15, -0.1) is 4.83 Å². The van der Waals surface area contributed by atoms with Crippen LogP contribution in [-0.4, -0.2) is 46.8 Å². The second-order valence-corrected chi connectivity index (χ2v) is 7.06. The van der Waals surface area contributed by atoms with E-state index in [1.807, 2.05) is 13.8 Å². The fraction of sp³-hybridized carbons (Fsp3) is 0.667. The fourth-order valence-corrected chi connectivity index (χ4v) is 4.24. The first kappa shape index (κ1) is 15.9. The van der Waals surface area contributed by atoms with E-state index in [0.29, 0.717) is 0 Å². The third-order valence-electron chi connectivity index (χ3n) is 3.78. The highest BCUT2D eigenvalue weighted by molar-refractivity contribution is 7.89. The van der Waals surface area contributed by atoms with Gasteiger partial charge >= 0.3 is 5.97 Å². The van der Waals surface area contributed by atoms with Crippen LogP contribution in [-0.2, 0) is 10.0 Å². The number of aromatic nitrogens is 2. The summed E-state index contributed by atoms with van der Waals surface area (Å²) in [6, 6.07) is 0.119. The van der Waals surface area contributed by atoms with Crippen molar-refractivity contribution in [3.8, 4) is 0 Å². The number of carboxylic acid groups (broad SMARTS) is 1. The summed E-state index contributed by atoms with van der Waals surface area (Å²) < 4.78 is 25.0.